The highest BCUT2D eigenvalue weighted by atomic mass is 35.5. The highest BCUT2D eigenvalue weighted by molar-refractivity contribution is 7.10. The zero-order valence-electron chi connectivity index (χ0n) is 12.6. The average Bonchev–Trinajstić information content (AvgIpc) is 3.14. The van der Waals surface area contributed by atoms with E-state index in [-0.39, 0.29) is 11.9 Å². The van der Waals surface area contributed by atoms with Crippen LogP contribution in [0.15, 0.2) is 29.6 Å². The van der Waals surface area contributed by atoms with Crippen LogP contribution in [0.2, 0.25) is 5.02 Å². The van der Waals surface area contributed by atoms with Gasteiger partial charge in [0.25, 0.3) is 5.91 Å². The number of benzene rings is 1. The molecule has 1 saturated heterocycles. The van der Waals surface area contributed by atoms with Crippen LogP contribution >= 0.6 is 22.9 Å². The summed E-state index contributed by atoms with van der Waals surface area (Å²) in [6, 6.07) is 6.80. The van der Waals surface area contributed by atoms with Crippen molar-refractivity contribution in [2.45, 2.75) is 13.5 Å². The number of carbonyl (C=O) groups is 2. The number of anilines is 1. The Balaban J connectivity index is 1.76. The summed E-state index contributed by atoms with van der Waals surface area (Å²) in [5, 5.41) is 8.08. The van der Waals surface area contributed by atoms with Crippen LogP contribution in [0.5, 0.6) is 0 Å². The molecule has 5 nitrogen and oxygen atoms in total. The third kappa shape index (κ3) is 3.33. The quantitative estimate of drug-likeness (QED) is 0.890. The molecule has 23 heavy (non-hydrogen) atoms. The Hall–Kier alpha value is -2.05. The minimum absolute atomic E-state index is 0.185. The molecular weight excluding hydrogens is 334 g/mol. The SMILES string of the molecule is Cc1ccsc1CNC(=O)c1ccc(Cl)c(N2CCNC2=O)c1. The van der Waals surface area contributed by atoms with Crippen molar-refractivity contribution in [3.8, 4) is 0 Å². The fraction of sp³-hybridized carbons (Fsp3) is 0.250. The minimum atomic E-state index is -0.196. The van der Waals surface area contributed by atoms with Crippen molar-refractivity contribution >= 4 is 40.6 Å². The lowest BCUT2D eigenvalue weighted by molar-refractivity contribution is 0.0951. The molecule has 120 valence electrons. The molecular formula is C16H16ClN3O2S. The molecule has 1 fully saturated rings. The Labute approximate surface area is 143 Å². The van der Waals surface area contributed by atoms with Crippen molar-refractivity contribution in [2.75, 3.05) is 18.0 Å². The van der Waals surface area contributed by atoms with E-state index in [1.165, 1.54) is 5.56 Å². The van der Waals surface area contributed by atoms with E-state index in [0.29, 0.717) is 35.9 Å². The number of thiophene rings is 1. The summed E-state index contributed by atoms with van der Waals surface area (Å²) < 4.78 is 0. The van der Waals surface area contributed by atoms with Gasteiger partial charge in [-0.1, -0.05) is 11.6 Å². The van der Waals surface area contributed by atoms with Gasteiger partial charge in [-0.15, -0.1) is 11.3 Å². The molecule has 0 spiro atoms. The second-order valence-electron chi connectivity index (χ2n) is 5.26. The van der Waals surface area contributed by atoms with Gasteiger partial charge in [0, 0.05) is 23.5 Å². The maximum absolute atomic E-state index is 12.3. The van der Waals surface area contributed by atoms with E-state index in [4.69, 9.17) is 11.6 Å². The van der Waals surface area contributed by atoms with Gasteiger partial charge in [-0.2, -0.15) is 0 Å². The number of carbonyl (C=O) groups excluding carboxylic acids is 2. The Bertz CT molecular complexity index is 760. The average molecular weight is 350 g/mol. The molecule has 1 aromatic carbocycles. The van der Waals surface area contributed by atoms with E-state index in [9.17, 15) is 9.59 Å². The first kappa shape index (κ1) is 15.8. The third-order valence-electron chi connectivity index (χ3n) is 3.73. The predicted molar refractivity (Wildman–Crippen MR) is 92.4 cm³/mol. The zero-order chi connectivity index (χ0) is 16.4. The Kier molecular flexibility index (Phi) is 4.54. The highest BCUT2D eigenvalue weighted by Gasteiger charge is 2.24. The summed E-state index contributed by atoms with van der Waals surface area (Å²) in [7, 11) is 0. The Morgan fingerprint density at radius 3 is 2.91 bits per heavy atom. The monoisotopic (exact) mass is 349 g/mol. The summed E-state index contributed by atoms with van der Waals surface area (Å²) >= 11 is 7.79. The first-order valence-corrected chi connectivity index (χ1v) is 8.48. The standard InChI is InChI=1S/C16H16ClN3O2S/c1-10-4-7-23-14(10)9-19-15(21)11-2-3-12(17)13(8-11)20-6-5-18-16(20)22/h2-4,7-8H,5-6,9H2,1H3,(H,18,22)(H,19,21). The number of nitrogens with zero attached hydrogens (tertiary/aromatic N) is 1. The molecule has 1 aliphatic heterocycles. The van der Waals surface area contributed by atoms with Crippen molar-refractivity contribution in [3.63, 3.8) is 0 Å². The van der Waals surface area contributed by atoms with Gasteiger partial charge in [0.1, 0.15) is 0 Å². The molecule has 2 aromatic rings. The molecule has 3 rings (SSSR count). The summed E-state index contributed by atoms with van der Waals surface area (Å²) in [6.45, 7) is 3.62. The van der Waals surface area contributed by atoms with Gasteiger partial charge < -0.3 is 10.6 Å². The van der Waals surface area contributed by atoms with Gasteiger partial charge in [0.2, 0.25) is 0 Å². The van der Waals surface area contributed by atoms with E-state index >= 15 is 0 Å². The molecule has 2 N–H and O–H groups in total. The van der Waals surface area contributed by atoms with Gasteiger partial charge in [-0.3, -0.25) is 9.69 Å². The maximum Gasteiger partial charge on any atom is 0.322 e. The maximum atomic E-state index is 12.3. The lowest BCUT2D eigenvalue weighted by atomic mass is 10.1. The topological polar surface area (TPSA) is 61.4 Å². The summed E-state index contributed by atoms with van der Waals surface area (Å²) in [4.78, 5) is 26.8. The van der Waals surface area contributed by atoms with Gasteiger partial charge in [-0.25, -0.2) is 4.79 Å². The summed E-state index contributed by atoms with van der Waals surface area (Å²) in [5.74, 6) is -0.185. The van der Waals surface area contributed by atoms with Crippen LogP contribution in [0.1, 0.15) is 20.8 Å². The van der Waals surface area contributed by atoms with E-state index < -0.39 is 0 Å². The van der Waals surface area contributed by atoms with E-state index in [1.807, 2.05) is 18.4 Å². The lowest BCUT2D eigenvalue weighted by Gasteiger charge is -2.17. The Morgan fingerprint density at radius 2 is 2.26 bits per heavy atom. The molecule has 0 bridgehead atoms. The van der Waals surface area contributed by atoms with Crippen LogP contribution in [0.4, 0.5) is 10.5 Å². The minimum Gasteiger partial charge on any atom is -0.347 e. The number of nitrogens with one attached hydrogen (secondary N) is 2. The van der Waals surface area contributed by atoms with Crippen LogP contribution in [0.3, 0.4) is 0 Å². The van der Waals surface area contributed by atoms with Crippen LogP contribution in [-0.2, 0) is 6.54 Å². The van der Waals surface area contributed by atoms with Crippen LogP contribution < -0.4 is 15.5 Å². The van der Waals surface area contributed by atoms with Crippen molar-refractivity contribution in [1.82, 2.24) is 10.6 Å². The van der Waals surface area contributed by atoms with Gasteiger partial charge in [0.05, 0.1) is 17.3 Å². The van der Waals surface area contributed by atoms with Gasteiger partial charge in [0.15, 0.2) is 0 Å². The largest absolute Gasteiger partial charge is 0.347 e. The number of aryl methyl sites for hydroxylation is 1. The molecule has 0 radical (unpaired) electrons. The number of amides is 3. The lowest BCUT2D eigenvalue weighted by Crippen LogP contribution is -2.28. The number of hydrogen-bond acceptors (Lipinski definition) is 3. The van der Waals surface area contributed by atoms with Crippen molar-refractivity contribution in [3.05, 3.63) is 50.7 Å². The van der Waals surface area contributed by atoms with Crippen LogP contribution in [0.25, 0.3) is 0 Å². The molecule has 1 aromatic heterocycles. The molecule has 0 aliphatic carbocycles. The summed E-state index contributed by atoms with van der Waals surface area (Å²) in [6.07, 6.45) is 0. The molecule has 7 heteroatoms. The summed E-state index contributed by atoms with van der Waals surface area (Å²) in [5.41, 5.74) is 2.21. The van der Waals surface area contributed by atoms with E-state index in [1.54, 1.807) is 34.4 Å². The molecule has 0 saturated carbocycles. The van der Waals surface area contributed by atoms with Gasteiger partial charge in [-0.05, 0) is 42.1 Å². The fourth-order valence-electron chi connectivity index (χ4n) is 2.41. The van der Waals surface area contributed by atoms with Crippen LogP contribution in [0, 0.1) is 6.92 Å². The normalized spacial score (nSPS) is 14.0. The van der Waals surface area contributed by atoms with Crippen molar-refractivity contribution in [2.24, 2.45) is 0 Å². The first-order chi connectivity index (χ1) is 11.1. The van der Waals surface area contributed by atoms with E-state index in [0.717, 1.165) is 4.88 Å². The smallest absolute Gasteiger partial charge is 0.322 e. The van der Waals surface area contributed by atoms with Gasteiger partial charge >= 0.3 is 6.03 Å². The van der Waals surface area contributed by atoms with Crippen molar-refractivity contribution in [1.29, 1.82) is 0 Å². The predicted octanol–water partition coefficient (Wildman–Crippen LogP) is 3.17. The molecule has 2 heterocycles. The second-order valence-corrected chi connectivity index (χ2v) is 6.67. The molecule has 0 unspecified atom stereocenters. The van der Waals surface area contributed by atoms with Crippen LogP contribution in [-0.4, -0.2) is 25.0 Å². The molecule has 0 atom stereocenters. The number of urea groups is 1. The number of halogens is 1. The Morgan fingerprint density at radius 1 is 1.43 bits per heavy atom. The molecule has 1 aliphatic rings. The first-order valence-electron chi connectivity index (χ1n) is 7.22. The highest BCUT2D eigenvalue weighted by Crippen LogP contribution is 2.28. The number of rotatable bonds is 4. The zero-order valence-corrected chi connectivity index (χ0v) is 14.1. The molecule has 3 amide bonds. The second kappa shape index (κ2) is 6.60. The fourth-order valence-corrected chi connectivity index (χ4v) is 3.48. The van der Waals surface area contributed by atoms with Crippen molar-refractivity contribution < 1.29 is 9.59 Å². The third-order valence-corrected chi connectivity index (χ3v) is 5.08. The van der Waals surface area contributed by atoms with E-state index in [2.05, 4.69) is 10.6 Å². The number of hydrogen-bond donors (Lipinski definition) is 2.